The number of hydrogen-bond donors (Lipinski definition) is 1. The van der Waals surface area contributed by atoms with Gasteiger partial charge in [-0.2, -0.15) is 13.2 Å². The van der Waals surface area contributed by atoms with E-state index in [9.17, 15) is 30.0 Å². The van der Waals surface area contributed by atoms with E-state index in [0.29, 0.717) is 11.3 Å². The van der Waals surface area contributed by atoms with Crippen molar-refractivity contribution in [3.8, 4) is 5.75 Å². The molecule has 0 amide bonds. The molecule has 0 heterocycles. The number of halogens is 3. The van der Waals surface area contributed by atoms with Gasteiger partial charge in [0.2, 0.25) is 10.0 Å². The molecule has 0 bridgehead atoms. The second-order valence-corrected chi connectivity index (χ2v) is 10.3. The predicted molar refractivity (Wildman–Crippen MR) is 102 cm³/mol. The van der Waals surface area contributed by atoms with Crippen molar-refractivity contribution in [1.82, 2.24) is 4.72 Å². The van der Waals surface area contributed by atoms with Crippen LogP contribution in [-0.4, -0.2) is 34.9 Å². The van der Waals surface area contributed by atoms with Crippen LogP contribution >= 0.6 is 0 Å². The van der Waals surface area contributed by atoms with Crippen LogP contribution in [0.25, 0.3) is 0 Å². The number of sulfonamides is 1. The molecule has 0 saturated carbocycles. The third-order valence-electron chi connectivity index (χ3n) is 3.98. The van der Waals surface area contributed by atoms with Gasteiger partial charge in [-0.3, -0.25) is 0 Å². The quantitative estimate of drug-likeness (QED) is 0.633. The van der Waals surface area contributed by atoms with Gasteiger partial charge < -0.3 is 4.74 Å². The SMILES string of the molecule is CCS(=O)(=O)CCOc1ccc(S(=O)(=O)NCc2ccc(C(F)(F)F)cc2)cc1. The maximum absolute atomic E-state index is 12.6. The highest BCUT2D eigenvalue weighted by atomic mass is 32.2. The highest BCUT2D eigenvalue weighted by Gasteiger charge is 2.29. The Hall–Kier alpha value is -2.11. The molecule has 0 spiro atoms. The Balaban J connectivity index is 1.95. The van der Waals surface area contributed by atoms with Crippen LogP contribution < -0.4 is 9.46 Å². The third-order valence-corrected chi connectivity index (χ3v) is 7.07. The van der Waals surface area contributed by atoms with Gasteiger partial charge in [0.1, 0.15) is 12.4 Å². The van der Waals surface area contributed by atoms with E-state index < -0.39 is 31.6 Å². The summed E-state index contributed by atoms with van der Waals surface area (Å²) in [5.41, 5.74) is -0.440. The van der Waals surface area contributed by atoms with Crippen molar-refractivity contribution in [1.29, 1.82) is 0 Å². The second-order valence-electron chi connectivity index (χ2n) is 6.08. The molecule has 1 N–H and O–H groups in total. The van der Waals surface area contributed by atoms with Crippen molar-refractivity contribution in [3.63, 3.8) is 0 Å². The average molecular weight is 451 g/mol. The van der Waals surface area contributed by atoms with Crippen molar-refractivity contribution < 1.29 is 34.7 Å². The second kappa shape index (κ2) is 9.14. The average Bonchev–Trinajstić information content (AvgIpc) is 2.66. The smallest absolute Gasteiger partial charge is 0.416 e. The molecule has 0 saturated heterocycles. The summed E-state index contributed by atoms with van der Waals surface area (Å²) in [6.45, 7) is 1.31. The Morgan fingerprint density at radius 2 is 1.52 bits per heavy atom. The van der Waals surface area contributed by atoms with Crippen LogP contribution in [0.15, 0.2) is 53.4 Å². The lowest BCUT2D eigenvalue weighted by molar-refractivity contribution is -0.137. The fourth-order valence-corrected chi connectivity index (χ4v) is 3.86. The molecule has 11 heteroatoms. The standard InChI is InChI=1S/C18H20F3NO5S2/c1-2-28(23,24)12-11-27-16-7-9-17(10-8-16)29(25,26)22-13-14-3-5-15(6-4-14)18(19,20)21/h3-10,22H,2,11-13H2,1H3. The molecular formula is C18H20F3NO5S2. The van der Waals surface area contributed by atoms with Crippen LogP contribution in [0.1, 0.15) is 18.1 Å². The summed E-state index contributed by atoms with van der Waals surface area (Å²) in [4.78, 5) is -0.0575. The van der Waals surface area contributed by atoms with E-state index in [1.54, 1.807) is 0 Å². The number of nitrogens with one attached hydrogen (secondary N) is 1. The Morgan fingerprint density at radius 3 is 2.03 bits per heavy atom. The monoisotopic (exact) mass is 451 g/mol. The van der Waals surface area contributed by atoms with E-state index in [0.717, 1.165) is 12.1 Å². The lowest BCUT2D eigenvalue weighted by Gasteiger charge is -2.10. The van der Waals surface area contributed by atoms with E-state index in [2.05, 4.69) is 4.72 Å². The molecule has 0 aliphatic carbocycles. The molecule has 29 heavy (non-hydrogen) atoms. The van der Waals surface area contributed by atoms with E-state index in [-0.39, 0.29) is 29.6 Å². The number of sulfone groups is 1. The number of benzene rings is 2. The fraction of sp³-hybridized carbons (Fsp3) is 0.333. The van der Waals surface area contributed by atoms with Crippen molar-refractivity contribution in [2.45, 2.75) is 24.5 Å². The summed E-state index contributed by atoms with van der Waals surface area (Å²) in [5, 5.41) is 0. The van der Waals surface area contributed by atoms with Gasteiger partial charge >= 0.3 is 6.18 Å². The molecule has 2 aromatic rings. The van der Waals surface area contributed by atoms with Gasteiger partial charge in [-0.1, -0.05) is 19.1 Å². The molecular weight excluding hydrogens is 431 g/mol. The van der Waals surface area contributed by atoms with Crippen LogP contribution in [0.2, 0.25) is 0 Å². The van der Waals surface area contributed by atoms with Crippen molar-refractivity contribution in [2.24, 2.45) is 0 Å². The zero-order valence-electron chi connectivity index (χ0n) is 15.4. The number of ether oxygens (including phenoxy) is 1. The minimum atomic E-state index is -4.46. The zero-order valence-corrected chi connectivity index (χ0v) is 17.1. The predicted octanol–water partition coefficient (Wildman–Crippen LogP) is 3.00. The lowest BCUT2D eigenvalue weighted by atomic mass is 10.1. The maximum Gasteiger partial charge on any atom is 0.416 e. The minimum Gasteiger partial charge on any atom is -0.493 e. The summed E-state index contributed by atoms with van der Waals surface area (Å²) in [6.07, 6.45) is -4.46. The number of alkyl halides is 3. The molecule has 160 valence electrons. The molecule has 0 fully saturated rings. The van der Waals surface area contributed by atoms with E-state index in [4.69, 9.17) is 4.74 Å². The number of rotatable bonds is 9. The maximum atomic E-state index is 12.6. The molecule has 0 atom stereocenters. The Kier molecular flexibility index (Phi) is 7.30. The van der Waals surface area contributed by atoms with Crippen LogP contribution in [0.4, 0.5) is 13.2 Å². The fourth-order valence-electron chi connectivity index (χ4n) is 2.22. The summed E-state index contributed by atoms with van der Waals surface area (Å²) in [5.74, 6) is 0.189. The number of hydrogen-bond acceptors (Lipinski definition) is 5. The van der Waals surface area contributed by atoms with E-state index in [1.807, 2.05) is 0 Å². The van der Waals surface area contributed by atoms with E-state index >= 15 is 0 Å². The van der Waals surface area contributed by atoms with Crippen molar-refractivity contribution in [3.05, 3.63) is 59.7 Å². The summed E-state index contributed by atoms with van der Waals surface area (Å²) in [7, 11) is -7.04. The summed E-state index contributed by atoms with van der Waals surface area (Å²) < 4.78 is 92.7. The third kappa shape index (κ3) is 7.02. The normalized spacial score (nSPS) is 12.7. The Labute approximate surface area is 167 Å². The van der Waals surface area contributed by atoms with Gasteiger partial charge in [0.05, 0.1) is 16.2 Å². The topological polar surface area (TPSA) is 89.5 Å². The largest absolute Gasteiger partial charge is 0.493 e. The lowest BCUT2D eigenvalue weighted by Crippen LogP contribution is -2.23. The van der Waals surface area contributed by atoms with E-state index in [1.165, 1.54) is 43.3 Å². The highest BCUT2D eigenvalue weighted by Crippen LogP contribution is 2.29. The van der Waals surface area contributed by atoms with Gasteiger partial charge in [0, 0.05) is 12.3 Å². The first-order chi connectivity index (χ1) is 13.4. The Morgan fingerprint density at radius 1 is 0.931 bits per heavy atom. The highest BCUT2D eigenvalue weighted by molar-refractivity contribution is 7.91. The molecule has 0 radical (unpaired) electrons. The van der Waals surface area contributed by atoms with Crippen LogP contribution in [-0.2, 0) is 32.6 Å². The molecule has 0 aromatic heterocycles. The van der Waals surface area contributed by atoms with Crippen molar-refractivity contribution in [2.75, 3.05) is 18.1 Å². The van der Waals surface area contributed by atoms with Crippen LogP contribution in [0, 0.1) is 0 Å². The summed E-state index contributed by atoms with van der Waals surface area (Å²) >= 11 is 0. The van der Waals surface area contributed by atoms with Crippen LogP contribution in [0.5, 0.6) is 5.75 Å². The zero-order chi connectivity index (χ0) is 21.7. The van der Waals surface area contributed by atoms with Gasteiger partial charge in [-0.15, -0.1) is 0 Å². The first-order valence-electron chi connectivity index (χ1n) is 8.52. The molecule has 0 aliphatic rings. The first-order valence-corrected chi connectivity index (χ1v) is 11.8. The van der Waals surface area contributed by atoms with Gasteiger partial charge in [-0.25, -0.2) is 21.6 Å². The molecule has 0 aliphatic heterocycles. The first kappa shape index (κ1) is 23.2. The summed E-state index contributed by atoms with van der Waals surface area (Å²) in [6, 6.07) is 9.54. The molecule has 0 unspecified atom stereocenters. The van der Waals surface area contributed by atoms with Crippen LogP contribution in [0.3, 0.4) is 0 Å². The minimum absolute atomic E-state index is 0.0120. The van der Waals surface area contributed by atoms with Crippen molar-refractivity contribution >= 4 is 19.9 Å². The van der Waals surface area contributed by atoms with Gasteiger partial charge in [0.15, 0.2) is 9.84 Å². The van der Waals surface area contributed by atoms with Gasteiger partial charge in [-0.05, 0) is 42.0 Å². The molecule has 2 rings (SSSR count). The Bertz CT molecular complexity index is 1020. The molecule has 6 nitrogen and oxygen atoms in total. The van der Waals surface area contributed by atoms with Gasteiger partial charge in [0.25, 0.3) is 0 Å². The molecule has 2 aromatic carbocycles.